The molecule has 2 aromatic heterocycles. The molecule has 3 heteroatoms. The van der Waals surface area contributed by atoms with Crippen molar-refractivity contribution in [3.05, 3.63) is 127 Å². The van der Waals surface area contributed by atoms with E-state index in [1.165, 1.54) is 5.56 Å². The monoisotopic (exact) mass is 465 g/mol. The molecule has 36 heavy (non-hydrogen) atoms. The Hall–Kier alpha value is -4.76. The Labute approximate surface area is 211 Å². The third-order valence-corrected chi connectivity index (χ3v) is 6.39. The van der Waals surface area contributed by atoms with Gasteiger partial charge in [0.2, 0.25) is 0 Å². The smallest absolute Gasteiger partial charge is 0.0871 e. The summed E-state index contributed by atoms with van der Waals surface area (Å²) in [4.78, 5) is 13.5. The third-order valence-electron chi connectivity index (χ3n) is 6.39. The van der Waals surface area contributed by atoms with Crippen LogP contribution in [0.5, 0.6) is 0 Å². The number of allylic oxidation sites excluding steroid dienone is 2. The van der Waals surface area contributed by atoms with E-state index in [1.807, 2.05) is 30.4 Å². The van der Waals surface area contributed by atoms with E-state index in [4.69, 9.17) is 9.97 Å². The molecule has 0 unspecified atom stereocenters. The van der Waals surface area contributed by atoms with Gasteiger partial charge in [-0.2, -0.15) is 0 Å². The highest BCUT2D eigenvalue weighted by atomic mass is 14.7. The molecule has 0 saturated heterocycles. The van der Waals surface area contributed by atoms with Crippen molar-refractivity contribution in [3.63, 3.8) is 0 Å². The number of aromatic amines is 1. The van der Waals surface area contributed by atoms with E-state index in [2.05, 4.69) is 105 Å². The SMILES string of the molecule is C=C.C=Cc1c(C)ccc2ccc(-c3ccc4c5nc6ccccc6[nH]cc(c4c3)/C=C\C=C/5)nc12. The number of rotatable bonds is 2. The molecule has 0 amide bonds. The highest BCUT2D eigenvalue weighted by Gasteiger charge is 2.10. The molecule has 2 heterocycles. The molecular weight excluding hydrogens is 438 g/mol. The van der Waals surface area contributed by atoms with Crippen molar-refractivity contribution >= 4 is 50.9 Å². The first-order valence-electron chi connectivity index (χ1n) is 11.9. The Kier molecular flexibility index (Phi) is 6.29. The van der Waals surface area contributed by atoms with Crippen molar-refractivity contribution < 1.29 is 0 Å². The van der Waals surface area contributed by atoms with E-state index >= 15 is 0 Å². The number of aryl methyl sites for hydroxylation is 1. The van der Waals surface area contributed by atoms with E-state index in [0.717, 1.165) is 60.8 Å². The second-order valence-corrected chi connectivity index (χ2v) is 8.51. The van der Waals surface area contributed by atoms with Gasteiger partial charge in [-0.25, -0.2) is 9.97 Å². The fourth-order valence-corrected chi connectivity index (χ4v) is 4.58. The van der Waals surface area contributed by atoms with E-state index in [0.29, 0.717) is 0 Å². The van der Waals surface area contributed by atoms with Crippen molar-refractivity contribution in [2.24, 2.45) is 0 Å². The van der Waals surface area contributed by atoms with Crippen molar-refractivity contribution in [1.29, 1.82) is 0 Å². The van der Waals surface area contributed by atoms with Crippen LogP contribution in [0.15, 0.2) is 105 Å². The van der Waals surface area contributed by atoms with Crippen LogP contribution in [0.4, 0.5) is 0 Å². The molecule has 0 saturated carbocycles. The number of pyridine rings is 1. The molecule has 0 fully saturated rings. The third kappa shape index (κ3) is 4.12. The Morgan fingerprint density at radius 3 is 2.50 bits per heavy atom. The summed E-state index contributed by atoms with van der Waals surface area (Å²) in [5.74, 6) is 0. The van der Waals surface area contributed by atoms with Crippen LogP contribution in [0.2, 0.25) is 0 Å². The van der Waals surface area contributed by atoms with E-state index in [9.17, 15) is 0 Å². The van der Waals surface area contributed by atoms with Crippen LogP contribution in [0.1, 0.15) is 22.4 Å². The molecule has 174 valence electrons. The average Bonchev–Trinajstić information content (AvgIpc) is 2.94. The lowest BCUT2D eigenvalue weighted by atomic mass is 9.99. The molecule has 1 aliphatic rings. The topological polar surface area (TPSA) is 41.6 Å². The van der Waals surface area contributed by atoms with Gasteiger partial charge in [-0.1, -0.05) is 73.3 Å². The molecule has 1 aliphatic carbocycles. The number of H-pyrrole nitrogens is 1. The number of hydrogen-bond acceptors (Lipinski definition) is 2. The average molecular weight is 466 g/mol. The highest BCUT2D eigenvalue weighted by molar-refractivity contribution is 5.98. The molecule has 0 aliphatic heterocycles. The van der Waals surface area contributed by atoms with E-state index in [1.54, 1.807) is 0 Å². The van der Waals surface area contributed by atoms with Gasteiger partial charge in [-0.05, 0) is 53.8 Å². The first-order chi connectivity index (χ1) is 17.7. The zero-order chi connectivity index (χ0) is 25.1. The Bertz CT molecular complexity index is 1750. The van der Waals surface area contributed by atoms with Crippen LogP contribution in [-0.2, 0) is 0 Å². The summed E-state index contributed by atoms with van der Waals surface area (Å²) in [6.07, 6.45) is 12.3. The van der Waals surface area contributed by atoms with Gasteiger partial charge >= 0.3 is 0 Å². The summed E-state index contributed by atoms with van der Waals surface area (Å²) >= 11 is 0. The summed E-state index contributed by atoms with van der Waals surface area (Å²) in [5, 5.41) is 3.33. The minimum absolute atomic E-state index is 0.917. The minimum atomic E-state index is 0.917. The standard InChI is InChI=1S/C31H23N3.C2H4/c1-3-24-20(2)12-13-21-15-17-27(34-31(21)24)22-14-16-25-26(18-22)23-8-4-5-9-28(25)33-30-11-7-6-10-29(30)32-19-23;1-2/h3-19,32H,1H2,2H3;1-2H2/b8-4-,9-5-,23-19?,33-28?;. The maximum Gasteiger partial charge on any atom is 0.0871 e. The Morgan fingerprint density at radius 2 is 1.64 bits per heavy atom. The summed E-state index contributed by atoms with van der Waals surface area (Å²) in [5.41, 5.74) is 9.18. The van der Waals surface area contributed by atoms with Crippen LogP contribution in [-0.4, -0.2) is 15.0 Å². The van der Waals surface area contributed by atoms with Crippen LogP contribution in [0.3, 0.4) is 0 Å². The number of benzene rings is 3. The van der Waals surface area contributed by atoms with Gasteiger partial charge in [0, 0.05) is 28.1 Å². The molecule has 2 bridgehead atoms. The van der Waals surface area contributed by atoms with Crippen LogP contribution in [0, 0.1) is 6.92 Å². The predicted molar refractivity (Wildman–Crippen MR) is 156 cm³/mol. The fourth-order valence-electron chi connectivity index (χ4n) is 4.58. The molecule has 0 atom stereocenters. The molecular formula is C33H27N3. The summed E-state index contributed by atoms with van der Waals surface area (Å²) in [6, 6.07) is 23.1. The quantitative estimate of drug-likeness (QED) is 0.265. The molecule has 3 aromatic carbocycles. The lowest BCUT2D eigenvalue weighted by Crippen LogP contribution is -1.91. The van der Waals surface area contributed by atoms with Crippen LogP contribution < -0.4 is 0 Å². The lowest BCUT2D eigenvalue weighted by Gasteiger charge is -2.10. The predicted octanol–water partition coefficient (Wildman–Crippen LogP) is 8.85. The second-order valence-electron chi connectivity index (χ2n) is 8.51. The summed E-state index contributed by atoms with van der Waals surface area (Å²) in [7, 11) is 0. The number of hydrogen-bond donors (Lipinski definition) is 1. The minimum Gasteiger partial charge on any atom is -0.359 e. The van der Waals surface area contributed by atoms with Crippen molar-refractivity contribution in [2.45, 2.75) is 6.92 Å². The highest BCUT2D eigenvalue weighted by Crippen LogP contribution is 2.31. The molecule has 6 rings (SSSR count). The number of nitrogens with zero attached hydrogens (tertiary/aromatic N) is 2. The van der Waals surface area contributed by atoms with E-state index in [-0.39, 0.29) is 0 Å². The van der Waals surface area contributed by atoms with Gasteiger partial charge in [0.1, 0.15) is 0 Å². The number of nitrogens with one attached hydrogen (secondary N) is 1. The Morgan fingerprint density at radius 1 is 0.833 bits per heavy atom. The first-order valence-corrected chi connectivity index (χ1v) is 11.9. The van der Waals surface area contributed by atoms with Crippen molar-refractivity contribution in [2.75, 3.05) is 0 Å². The van der Waals surface area contributed by atoms with E-state index < -0.39 is 0 Å². The summed E-state index contributed by atoms with van der Waals surface area (Å²) < 4.78 is 0. The number of para-hydroxylation sites is 2. The van der Waals surface area contributed by atoms with Crippen molar-refractivity contribution in [3.8, 4) is 11.3 Å². The van der Waals surface area contributed by atoms with Gasteiger partial charge in [0.05, 0.1) is 27.9 Å². The molecule has 1 N–H and O–H groups in total. The molecule has 3 nitrogen and oxygen atoms in total. The fraction of sp³-hybridized carbons (Fsp3) is 0.0303. The molecule has 0 radical (unpaired) electrons. The van der Waals surface area contributed by atoms with Crippen molar-refractivity contribution in [1.82, 2.24) is 15.0 Å². The zero-order valence-corrected chi connectivity index (χ0v) is 20.3. The van der Waals surface area contributed by atoms with Crippen LogP contribution >= 0.6 is 0 Å². The second kappa shape index (κ2) is 9.85. The van der Waals surface area contributed by atoms with Crippen LogP contribution in [0.25, 0.3) is 62.2 Å². The maximum atomic E-state index is 5.05. The first kappa shape index (κ1) is 23.0. The molecule has 5 aromatic rings. The normalized spacial score (nSPS) is 13.4. The van der Waals surface area contributed by atoms with Gasteiger partial charge in [0.25, 0.3) is 0 Å². The van der Waals surface area contributed by atoms with Gasteiger partial charge in [-0.3, -0.25) is 0 Å². The summed E-state index contributed by atoms with van der Waals surface area (Å²) in [6.45, 7) is 12.1. The van der Waals surface area contributed by atoms with Gasteiger partial charge < -0.3 is 4.98 Å². The lowest BCUT2D eigenvalue weighted by molar-refractivity contribution is 1.37. The number of fused-ring (bicyclic) bond motifs is 2. The largest absolute Gasteiger partial charge is 0.359 e. The Balaban J connectivity index is 0.00000130. The zero-order valence-electron chi connectivity index (χ0n) is 20.3. The maximum absolute atomic E-state index is 5.05. The van der Waals surface area contributed by atoms with Gasteiger partial charge in [-0.15, -0.1) is 13.2 Å². The molecule has 0 spiro atoms. The van der Waals surface area contributed by atoms with Gasteiger partial charge in [0.15, 0.2) is 0 Å². The number of aromatic nitrogens is 3.